The minimum Gasteiger partial charge on any atom is -0.488 e. The minimum absolute atomic E-state index is 0.0739. The first-order chi connectivity index (χ1) is 16.4. The molecule has 0 bridgehead atoms. The molecular formula is C24H24ClN5O3S. The predicted octanol–water partition coefficient (Wildman–Crippen LogP) is 3.36. The van der Waals surface area contributed by atoms with Gasteiger partial charge < -0.3 is 14.6 Å². The molecular weight excluding hydrogens is 474 g/mol. The van der Waals surface area contributed by atoms with Crippen LogP contribution in [0.3, 0.4) is 0 Å². The maximum absolute atomic E-state index is 12.5. The molecule has 1 aliphatic rings. The normalized spacial score (nSPS) is 16.1. The number of piperidine rings is 1. The Labute approximate surface area is 204 Å². The van der Waals surface area contributed by atoms with Crippen molar-refractivity contribution in [3.8, 4) is 17.0 Å². The van der Waals surface area contributed by atoms with Crippen molar-refractivity contribution in [1.82, 2.24) is 24.4 Å². The molecule has 10 heteroatoms. The van der Waals surface area contributed by atoms with Crippen molar-refractivity contribution in [1.29, 1.82) is 0 Å². The highest BCUT2D eigenvalue weighted by Gasteiger charge is 2.22. The summed E-state index contributed by atoms with van der Waals surface area (Å²) in [5, 5.41) is 3.99. The lowest BCUT2D eigenvalue weighted by Gasteiger charge is -2.26. The average molecular weight is 498 g/mol. The number of aromatic nitrogens is 4. The number of hydrogen-bond acceptors (Lipinski definition) is 7. The standard InChI is InChI=1S/C24H24ClN5O3S/c1-14-8-15(25)9-18(22(14)33-16-4-3-6-26-11-16)21-23-19(27-13-28-21)10-17(34-23)12-30-20(31)5-7-29(2)24(30)32/h5,7-10,13,16,26H,3-4,6,11-12H2,1-2H3. The Kier molecular flexibility index (Phi) is 6.24. The van der Waals surface area contributed by atoms with E-state index >= 15 is 0 Å². The Hall–Kier alpha value is -3.01. The summed E-state index contributed by atoms with van der Waals surface area (Å²) in [5.74, 6) is 0.765. The topological polar surface area (TPSA) is 91.0 Å². The number of ether oxygens (including phenoxy) is 1. The van der Waals surface area contributed by atoms with E-state index in [2.05, 4.69) is 15.3 Å². The number of nitrogens with one attached hydrogen (secondary N) is 1. The quantitative estimate of drug-likeness (QED) is 0.454. The lowest BCUT2D eigenvalue weighted by Crippen LogP contribution is -2.37. The molecule has 176 valence electrons. The first kappa shape index (κ1) is 22.8. The van der Waals surface area contributed by atoms with Gasteiger partial charge in [0.2, 0.25) is 0 Å². The summed E-state index contributed by atoms with van der Waals surface area (Å²) in [7, 11) is 1.62. The van der Waals surface area contributed by atoms with E-state index in [1.54, 1.807) is 7.05 Å². The second-order valence-electron chi connectivity index (χ2n) is 8.47. The Bertz CT molecular complexity index is 1490. The summed E-state index contributed by atoms with van der Waals surface area (Å²) < 4.78 is 9.91. The fourth-order valence-electron chi connectivity index (χ4n) is 4.24. The van der Waals surface area contributed by atoms with Crippen molar-refractivity contribution in [2.24, 2.45) is 7.05 Å². The van der Waals surface area contributed by atoms with E-state index in [4.69, 9.17) is 16.3 Å². The van der Waals surface area contributed by atoms with E-state index < -0.39 is 0 Å². The van der Waals surface area contributed by atoms with Crippen molar-refractivity contribution >= 4 is 33.2 Å². The number of fused-ring (bicyclic) bond motifs is 1. The number of aryl methyl sites for hydroxylation is 2. The van der Waals surface area contributed by atoms with Gasteiger partial charge in [-0.25, -0.2) is 14.8 Å². The third-order valence-corrected chi connectivity index (χ3v) is 7.28. The van der Waals surface area contributed by atoms with Gasteiger partial charge in [0, 0.05) is 41.3 Å². The van der Waals surface area contributed by atoms with E-state index in [-0.39, 0.29) is 23.9 Å². The molecule has 0 aliphatic carbocycles. The van der Waals surface area contributed by atoms with Gasteiger partial charge in [-0.05, 0) is 50.1 Å². The summed E-state index contributed by atoms with van der Waals surface area (Å²) in [4.78, 5) is 34.6. The first-order valence-corrected chi connectivity index (χ1v) is 12.3. The van der Waals surface area contributed by atoms with Crippen LogP contribution in [0, 0.1) is 6.92 Å². The van der Waals surface area contributed by atoms with Gasteiger partial charge >= 0.3 is 5.69 Å². The highest BCUT2D eigenvalue weighted by molar-refractivity contribution is 7.19. The SMILES string of the molecule is Cc1cc(Cl)cc(-c2ncnc3cc(Cn4c(=O)ccn(C)c4=O)sc23)c1OC1CCCNC1. The second kappa shape index (κ2) is 9.32. The van der Waals surface area contributed by atoms with E-state index in [0.29, 0.717) is 5.02 Å². The summed E-state index contributed by atoms with van der Waals surface area (Å²) >= 11 is 7.90. The molecule has 4 aromatic rings. The molecule has 1 N–H and O–H groups in total. The van der Waals surface area contributed by atoms with Crippen molar-refractivity contribution in [3.63, 3.8) is 0 Å². The smallest absolute Gasteiger partial charge is 0.331 e. The molecule has 1 aliphatic heterocycles. The second-order valence-corrected chi connectivity index (χ2v) is 10.0. The van der Waals surface area contributed by atoms with Crippen molar-refractivity contribution in [2.45, 2.75) is 32.4 Å². The predicted molar refractivity (Wildman–Crippen MR) is 134 cm³/mol. The largest absolute Gasteiger partial charge is 0.488 e. The molecule has 1 aromatic carbocycles. The molecule has 34 heavy (non-hydrogen) atoms. The van der Waals surface area contributed by atoms with E-state index in [1.165, 1.54) is 39.1 Å². The zero-order valence-corrected chi connectivity index (χ0v) is 20.4. The van der Waals surface area contributed by atoms with Crippen LogP contribution in [0.2, 0.25) is 5.02 Å². The summed E-state index contributed by atoms with van der Waals surface area (Å²) in [6.45, 7) is 3.95. The fraction of sp³-hybridized carbons (Fsp3) is 0.333. The molecule has 1 fully saturated rings. The number of thiophene rings is 1. The summed E-state index contributed by atoms with van der Waals surface area (Å²) in [6.07, 6.45) is 5.11. The molecule has 1 unspecified atom stereocenters. The molecule has 4 heterocycles. The van der Waals surface area contributed by atoms with Crippen molar-refractivity contribution in [2.75, 3.05) is 13.1 Å². The van der Waals surface area contributed by atoms with Gasteiger partial charge in [-0.1, -0.05) is 11.6 Å². The van der Waals surface area contributed by atoms with Gasteiger partial charge in [0.15, 0.2) is 0 Å². The third kappa shape index (κ3) is 4.38. The highest BCUT2D eigenvalue weighted by atomic mass is 35.5. The molecule has 0 saturated carbocycles. The molecule has 0 amide bonds. The minimum atomic E-state index is -0.362. The van der Waals surface area contributed by atoms with Gasteiger partial charge in [-0.2, -0.15) is 0 Å². The first-order valence-electron chi connectivity index (χ1n) is 11.1. The summed E-state index contributed by atoms with van der Waals surface area (Å²) in [5.41, 5.74) is 2.51. The van der Waals surface area contributed by atoms with Crippen LogP contribution < -0.4 is 21.3 Å². The number of halogens is 1. The zero-order valence-electron chi connectivity index (χ0n) is 18.9. The Morgan fingerprint density at radius 1 is 1.26 bits per heavy atom. The van der Waals surface area contributed by atoms with Gasteiger partial charge in [-0.15, -0.1) is 11.3 Å². The lowest BCUT2D eigenvalue weighted by molar-refractivity contribution is 0.167. The molecule has 0 spiro atoms. The molecule has 1 atom stereocenters. The van der Waals surface area contributed by atoms with Crippen LogP contribution in [-0.4, -0.2) is 38.3 Å². The van der Waals surface area contributed by atoms with Gasteiger partial charge in [0.05, 0.1) is 22.5 Å². The maximum Gasteiger partial charge on any atom is 0.331 e. The van der Waals surface area contributed by atoms with Crippen molar-refractivity contribution < 1.29 is 4.74 Å². The maximum atomic E-state index is 12.5. The summed E-state index contributed by atoms with van der Waals surface area (Å²) in [6, 6.07) is 7.05. The molecule has 1 saturated heterocycles. The Morgan fingerprint density at radius 2 is 2.12 bits per heavy atom. The fourth-order valence-corrected chi connectivity index (χ4v) is 5.61. The van der Waals surface area contributed by atoms with Crippen LogP contribution in [0.1, 0.15) is 23.3 Å². The number of nitrogens with zero attached hydrogens (tertiary/aromatic N) is 4. The Morgan fingerprint density at radius 3 is 2.91 bits per heavy atom. The van der Waals surface area contributed by atoms with Crippen LogP contribution in [0.5, 0.6) is 5.75 Å². The number of rotatable bonds is 5. The van der Waals surface area contributed by atoms with Crippen LogP contribution >= 0.6 is 22.9 Å². The van der Waals surface area contributed by atoms with E-state index in [9.17, 15) is 9.59 Å². The number of hydrogen-bond donors (Lipinski definition) is 1. The molecule has 0 radical (unpaired) electrons. The zero-order chi connectivity index (χ0) is 23.8. The average Bonchev–Trinajstić information content (AvgIpc) is 3.24. The van der Waals surface area contributed by atoms with Crippen molar-refractivity contribution in [3.05, 3.63) is 73.1 Å². The molecule has 8 nitrogen and oxygen atoms in total. The Balaban J connectivity index is 1.59. The van der Waals surface area contributed by atoms with Crippen LogP contribution in [0.25, 0.3) is 21.5 Å². The van der Waals surface area contributed by atoms with E-state index in [1.807, 2.05) is 25.1 Å². The van der Waals surface area contributed by atoms with Crippen LogP contribution in [-0.2, 0) is 13.6 Å². The van der Waals surface area contributed by atoms with Gasteiger partial charge in [-0.3, -0.25) is 9.36 Å². The van der Waals surface area contributed by atoms with Gasteiger partial charge in [0.25, 0.3) is 5.56 Å². The number of benzene rings is 1. The highest BCUT2D eigenvalue weighted by Crippen LogP contribution is 2.40. The van der Waals surface area contributed by atoms with Crippen LogP contribution in [0.4, 0.5) is 0 Å². The monoisotopic (exact) mass is 497 g/mol. The van der Waals surface area contributed by atoms with Gasteiger partial charge in [0.1, 0.15) is 18.2 Å². The molecule has 5 rings (SSSR count). The third-order valence-electron chi connectivity index (χ3n) is 5.95. The van der Waals surface area contributed by atoms with Crippen LogP contribution in [0.15, 0.2) is 46.4 Å². The molecule has 3 aromatic heterocycles. The van der Waals surface area contributed by atoms with E-state index in [0.717, 1.165) is 63.6 Å². The lowest BCUT2D eigenvalue weighted by atomic mass is 10.0.